The van der Waals surface area contributed by atoms with Crippen molar-refractivity contribution in [1.29, 1.82) is 0 Å². The summed E-state index contributed by atoms with van der Waals surface area (Å²) in [6.45, 7) is 10.2. The number of hydrogen-bond acceptors (Lipinski definition) is 2. The Morgan fingerprint density at radius 1 is 1.31 bits per heavy atom. The molecule has 0 aliphatic heterocycles. The lowest BCUT2D eigenvalue weighted by atomic mass is 9.72. The molecule has 1 rings (SSSR count). The summed E-state index contributed by atoms with van der Waals surface area (Å²) in [6.07, 6.45) is 5.66. The lowest BCUT2D eigenvalue weighted by molar-refractivity contribution is -0.0370. The molecular weight excluding hydrogens is 198 g/mol. The number of nitrogens with one attached hydrogen (secondary N) is 1. The molecule has 0 saturated heterocycles. The van der Waals surface area contributed by atoms with Gasteiger partial charge in [-0.3, -0.25) is 0 Å². The van der Waals surface area contributed by atoms with Crippen molar-refractivity contribution in [2.24, 2.45) is 11.3 Å². The van der Waals surface area contributed by atoms with Crippen LogP contribution in [-0.2, 0) is 4.74 Å². The standard InChI is InChI=1S/C14H29NO/c1-6-10-15-12(11-8-7-9-11)13(16-5)14(2,3)4/h11-13,15H,6-10H2,1-5H3. The highest BCUT2D eigenvalue weighted by molar-refractivity contribution is 4.93. The summed E-state index contributed by atoms with van der Waals surface area (Å²) in [6, 6.07) is 0.540. The molecule has 2 atom stereocenters. The molecule has 1 fully saturated rings. The summed E-state index contributed by atoms with van der Waals surface area (Å²) in [5, 5.41) is 3.70. The van der Waals surface area contributed by atoms with Crippen LogP contribution in [0.1, 0.15) is 53.4 Å². The quantitative estimate of drug-likeness (QED) is 0.752. The molecule has 1 saturated carbocycles. The lowest BCUT2D eigenvalue weighted by Crippen LogP contribution is -2.53. The van der Waals surface area contributed by atoms with E-state index in [2.05, 4.69) is 33.0 Å². The van der Waals surface area contributed by atoms with Crippen LogP contribution in [0.5, 0.6) is 0 Å². The lowest BCUT2D eigenvalue weighted by Gasteiger charge is -2.43. The molecule has 2 heteroatoms. The zero-order valence-electron chi connectivity index (χ0n) is 11.7. The smallest absolute Gasteiger partial charge is 0.0775 e. The second-order valence-electron chi connectivity index (χ2n) is 6.19. The summed E-state index contributed by atoms with van der Waals surface area (Å²) in [7, 11) is 1.86. The molecule has 1 aliphatic rings. The molecule has 96 valence electrons. The Hall–Kier alpha value is -0.0800. The molecule has 0 heterocycles. The predicted molar refractivity (Wildman–Crippen MR) is 69.7 cm³/mol. The van der Waals surface area contributed by atoms with Crippen molar-refractivity contribution in [3.8, 4) is 0 Å². The Balaban J connectivity index is 2.64. The Kier molecular flexibility index (Phi) is 5.26. The highest BCUT2D eigenvalue weighted by atomic mass is 16.5. The van der Waals surface area contributed by atoms with Gasteiger partial charge in [0.15, 0.2) is 0 Å². The van der Waals surface area contributed by atoms with Crippen molar-refractivity contribution in [2.45, 2.75) is 65.5 Å². The van der Waals surface area contributed by atoms with Gasteiger partial charge in [0.1, 0.15) is 0 Å². The third-order valence-corrected chi connectivity index (χ3v) is 3.72. The van der Waals surface area contributed by atoms with Gasteiger partial charge in [0.05, 0.1) is 6.10 Å². The van der Waals surface area contributed by atoms with Gasteiger partial charge in [-0.15, -0.1) is 0 Å². The van der Waals surface area contributed by atoms with Crippen LogP contribution < -0.4 is 5.32 Å². The molecule has 2 nitrogen and oxygen atoms in total. The van der Waals surface area contributed by atoms with E-state index in [0.717, 1.165) is 12.5 Å². The summed E-state index contributed by atoms with van der Waals surface area (Å²) < 4.78 is 5.77. The molecule has 16 heavy (non-hydrogen) atoms. The van der Waals surface area contributed by atoms with E-state index in [0.29, 0.717) is 12.1 Å². The summed E-state index contributed by atoms with van der Waals surface area (Å²) in [4.78, 5) is 0. The molecule has 0 spiro atoms. The highest BCUT2D eigenvalue weighted by Crippen LogP contribution is 2.36. The molecular formula is C14H29NO. The van der Waals surface area contributed by atoms with E-state index in [1.165, 1.54) is 25.7 Å². The second-order valence-corrected chi connectivity index (χ2v) is 6.19. The average Bonchev–Trinajstić information content (AvgIpc) is 2.09. The Morgan fingerprint density at radius 2 is 1.94 bits per heavy atom. The SMILES string of the molecule is CCCNC(C1CCC1)C(OC)C(C)(C)C. The molecule has 0 aromatic heterocycles. The van der Waals surface area contributed by atoms with Crippen LogP contribution >= 0.6 is 0 Å². The van der Waals surface area contributed by atoms with Crippen LogP contribution in [-0.4, -0.2) is 25.8 Å². The first-order chi connectivity index (χ1) is 7.50. The van der Waals surface area contributed by atoms with E-state index >= 15 is 0 Å². The third kappa shape index (κ3) is 3.46. The third-order valence-electron chi connectivity index (χ3n) is 3.72. The van der Waals surface area contributed by atoms with Gasteiger partial charge in [-0.2, -0.15) is 0 Å². The minimum Gasteiger partial charge on any atom is -0.379 e. The van der Waals surface area contributed by atoms with Crippen molar-refractivity contribution in [3.63, 3.8) is 0 Å². The topological polar surface area (TPSA) is 21.3 Å². The minimum atomic E-state index is 0.218. The molecule has 0 bridgehead atoms. The number of ether oxygens (including phenoxy) is 1. The summed E-state index contributed by atoms with van der Waals surface area (Å²) in [5.74, 6) is 0.829. The predicted octanol–water partition coefficient (Wildman–Crippen LogP) is 3.22. The maximum Gasteiger partial charge on any atom is 0.0775 e. The fourth-order valence-corrected chi connectivity index (χ4v) is 2.67. The van der Waals surface area contributed by atoms with Gasteiger partial charge in [-0.1, -0.05) is 34.1 Å². The zero-order valence-corrected chi connectivity index (χ0v) is 11.7. The molecule has 0 radical (unpaired) electrons. The molecule has 2 unspecified atom stereocenters. The van der Waals surface area contributed by atoms with Crippen molar-refractivity contribution in [2.75, 3.05) is 13.7 Å². The number of hydrogen-bond donors (Lipinski definition) is 1. The van der Waals surface area contributed by atoms with Crippen LogP contribution in [0.15, 0.2) is 0 Å². The van der Waals surface area contributed by atoms with Crippen molar-refractivity contribution >= 4 is 0 Å². The van der Waals surface area contributed by atoms with Crippen LogP contribution in [0.4, 0.5) is 0 Å². The molecule has 0 amide bonds. The first kappa shape index (κ1) is 14.0. The van der Waals surface area contributed by atoms with Gasteiger partial charge in [-0.05, 0) is 37.1 Å². The van der Waals surface area contributed by atoms with Crippen LogP contribution in [0.25, 0.3) is 0 Å². The van der Waals surface area contributed by atoms with E-state index in [4.69, 9.17) is 4.74 Å². The number of rotatable bonds is 6. The van der Waals surface area contributed by atoms with Crippen LogP contribution in [0.2, 0.25) is 0 Å². The van der Waals surface area contributed by atoms with Gasteiger partial charge in [0, 0.05) is 13.2 Å². The number of methoxy groups -OCH3 is 1. The van der Waals surface area contributed by atoms with Gasteiger partial charge in [0.2, 0.25) is 0 Å². The van der Waals surface area contributed by atoms with Crippen molar-refractivity contribution < 1.29 is 4.74 Å². The van der Waals surface area contributed by atoms with Gasteiger partial charge >= 0.3 is 0 Å². The Bertz CT molecular complexity index is 193. The highest BCUT2D eigenvalue weighted by Gasteiger charge is 2.38. The second kappa shape index (κ2) is 6.02. The fourth-order valence-electron chi connectivity index (χ4n) is 2.67. The van der Waals surface area contributed by atoms with Gasteiger partial charge in [0.25, 0.3) is 0 Å². The normalized spacial score (nSPS) is 21.6. The molecule has 0 aromatic carbocycles. The van der Waals surface area contributed by atoms with Crippen molar-refractivity contribution in [1.82, 2.24) is 5.32 Å². The van der Waals surface area contributed by atoms with E-state index in [9.17, 15) is 0 Å². The van der Waals surface area contributed by atoms with Crippen LogP contribution in [0.3, 0.4) is 0 Å². The van der Waals surface area contributed by atoms with Gasteiger partial charge < -0.3 is 10.1 Å². The Morgan fingerprint density at radius 3 is 2.25 bits per heavy atom. The van der Waals surface area contributed by atoms with Crippen LogP contribution in [0, 0.1) is 11.3 Å². The molecule has 1 aliphatic carbocycles. The van der Waals surface area contributed by atoms with E-state index < -0.39 is 0 Å². The Labute approximate surface area is 101 Å². The monoisotopic (exact) mass is 227 g/mol. The summed E-state index contributed by atoms with van der Waals surface area (Å²) in [5.41, 5.74) is 0.218. The minimum absolute atomic E-state index is 0.218. The molecule has 1 N–H and O–H groups in total. The van der Waals surface area contributed by atoms with E-state index in [-0.39, 0.29) is 5.41 Å². The average molecular weight is 227 g/mol. The first-order valence-electron chi connectivity index (χ1n) is 6.77. The summed E-state index contributed by atoms with van der Waals surface area (Å²) >= 11 is 0. The fraction of sp³-hybridized carbons (Fsp3) is 1.00. The molecule has 0 aromatic rings. The van der Waals surface area contributed by atoms with E-state index in [1.54, 1.807) is 0 Å². The maximum atomic E-state index is 5.77. The largest absolute Gasteiger partial charge is 0.379 e. The zero-order chi connectivity index (χ0) is 12.2. The van der Waals surface area contributed by atoms with E-state index in [1.807, 2.05) is 7.11 Å². The first-order valence-corrected chi connectivity index (χ1v) is 6.77. The maximum absolute atomic E-state index is 5.77. The van der Waals surface area contributed by atoms with Crippen molar-refractivity contribution in [3.05, 3.63) is 0 Å². The van der Waals surface area contributed by atoms with Gasteiger partial charge in [-0.25, -0.2) is 0 Å².